The summed E-state index contributed by atoms with van der Waals surface area (Å²) in [5.74, 6) is -0.237. The van der Waals surface area contributed by atoms with Gasteiger partial charge in [-0.05, 0) is 46.0 Å². The van der Waals surface area contributed by atoms with E-state index in [-0.39, 0.29) is 11.7 Å². The van der Waals surface area contributed by atoms with Crippen molar-refractivity contribution in [3.05, 3.63) is 102 Å². The van der Waals surface area contributed by atoms with Crippen LogP contribution in [0.3, 0.4) is 0 Å². The summed E-state index contributed by atoms with van der Waals surface area (Å²) in [6, 6.07) is 28.1. The number of carbonyl (C=O) groups excluding carboxylic acids is 1. The number of amides is 1. The van der Waals surface area contributed by atoms with Gasteiger partial charge in [-0.2, -0.15) is 0 Å². The predicted molar refractivity (Wildman–Crippen MR) is 136 cm³/mol. The minimum Gasteiger partial charge on any atom is -0.352 e. The predicted octanol–water partition coefficient (Wildman–Crippen LogP) is 7.19. The van der Waals surface area contributed by atoms with Crippen molar-refractivity contribution >= 4 is 22.5 Å². The van der Waals surface area contributed by atoms with Gasteiger partial charge < -0.3 is 9.88 Å². The lowest BCUT2D eigenvalue weighted by Crippen LogP contribution is -2.22. The van der Waals surface area contributed by atoms with Crippen molar-refractivity contribution < 1.29 is 9.18 Å². The molecule has 0 spiro atoms. The molecule has 0 bridgehead atoms. The molecule has 6 rings (SSSR count). The second-order valence-electron chi connectivity index (χ2n) is 8.87. The molecule has 3 nitrogen and oxygen atoms in total. The highest BCUT2D eigenvalue weighted by Gasteiger charge is 2.26. The fraction of sp³-hybridized carbons (Fsp3) is 0.100. The summed E-state index contributed by atoms with van der Waals surface area (Å²) in [6.45, 7) is 1.55. The topological polar surface area (TPSA) is 36.1 Å². The normalized spacial score (nSPS) is 12.0. The molecule has 1 aliphatic carbocycles. The van der Waals surface area contributed by atoms with E-state index in [1.165, 1.54) is 0 Å². The molecule has 0 saturated heterocycles. The Bertz CT molecular complexity index is 1580. The number of fused-ring (bicyclic) bond motifs is 5. The van der Waals surface area contributed by atoms with Crippen molar-refractivity contribution in [3.63, 3.8) is 0 Å². The Morgan fingerprint density at radius 2 is 1.59 bits per heavy atom. The monoisotopic (exact) mass is 446 g/mol. The molecule has 1 amide bonds. The van der Waals surface area contributed by atoms with Crippen LogP contribution in [0.25, 0.3) is 44.4 Å². The molecule has 1 aliphatic rings. The highest BCUT2D eigenvalue weighted by molar-refractivity contribution is 5.98. The second kappa shape index (κ2) is 7.70. The molecule has 1 N–H and O–H groups in total. The maximum absolute atomic E-state index is 15.8. The zero-order valence-electron chi connectivity index (χ0n) is 19.0. The lowest BCUT2D eigenvalue weighted by Gasteiger charge is -2.16. The largest absolute Gasteiger partial charge is 0.352 e. The Morgan fingerprint density at radius 3 is 2.38 bits per heavy atom. The number of hydrogen-bond donors (Lipinski definition) is 1. The molecule has 0 unspecified atom stereocenters. The fourth-order valence-electron chi connectivity index (χ4n) is 4.97. The maximum atomic E-state index is 15.8. The van der Waals surface area contributed by atoms with E-state index in [4.69, 9.17) is 0 Å². The van der Waals surface area contributed by atoms with Crippen molar-refractivity contribution in [1.29, 1.82) is 0 Å². The van der Waals surface area contributed by atoms with Gasteiger partial charge >= 0.3 is 0 Å². The Hall–Kier alpha value is -4.18. The van der Waals surface area contributed by atoms with Crippen LogP contribution in [0.5, 0.6) is 0 Å². The van der Waals surface area contributed by atoms with Gasteiger partial charge in [-0.3, -0.25) is 4.79 Å². The van der Waals surface area contributed by atoms with Crippen LogP contribution in [-0.2, 0) is 11.2 Å². The molecule has 166 valence electrons. The smallest absolute Gasteiger partial charge is 0.223 e. The van der Waals surface area contributed by atoms with Gasteiger partial charge in [0, 0.05) is 42.6 Å². The van der Waals surface area contributed by atoms with Crippen LogP contribution < -0.4 is 4.90 Å². The Labute approximate surface area is 197 Å². The number of aromatic nitrogens is 1. The number of aromatic amines is 1. The van der Waals surface area contributed by atoms with Crippen LogP contribution in [0.15, 0.2) is 84.9 Å². The number of H-pyrrole nitrogens is 1. The number of rotatable bonds is 3. The number of nitrogens with one attached hydrogen (secondary N) is 1. The van der Waals surface area contributed by atoms with E-state index in [0.717, 1.165) is 50.1 Å². The van der Waals surface area contributed by atoms with Crippen molar-refractivity contribution in [2.75, 3.05) is 11.9 Å². The van der Waals surface area contributed by atoms with Gasteiger partial charge in [0.15, 0.2) is 5.82 Å². The van der Waals surface area contributed by atoms with Crippen LogP contribution in [0.1, 0.15) is 18.1 Å². The minimum atomic E-state index is -0.230. The van der Waals surface area contributed by atoms with Crippen molar-refractivity contribution in [3.8, 4) is 33.5 Å². The number of halogens is 1. The fourth-order valence-corrected chi connectivity index (χ4v) is 4.97. The Morgan fingerprint density at radius 1 is 0.853 bits per heavy atom. The van der Waals surface area contributed by atoms with Gasteiger partial charge in [0.05, 0.1) is 11.2 Å². The zero-order chi connectivity index (χ0) is 23.4. The van der Waals surface area contributed by atoms with Gasteiger partial charge in [-0.15, -0.1) is 0 Å². The highest BCUT2D eigenvalue weighted by atomic mass is 19.1. The molecule has 4 heteroatoms. The van der Waals surface area contributed by atoms with E-state index >= 15 is 4.39 Å². The molecular weight excluding hydrogens is 423 g/mol. The van der Waals surface area contributed by atoms with E-state index < -0.39 is 0 Å². The van der Waals surface area contributed by atoms with Crippen LogP contribution in [0.4, 0.5) is 10.1 Å². The lowest BCUT2D eigenvalue weighted by atomic mass is 9.97. The summed E-state index contributed by atoms with van der Waals surface area (Å²) in [7, 11) is 1.78. The summed E-state index contributed by atoms with van der Waals surface area (Å²) >= 11 is 0. The Balaban J connectivity index is 1.42. The molecule has 0 radical (unpaired) electrons. The van der Waals surface area contributed by atoms with Crippen LogP contribution >= 0.6 is 0 Å². The lowest BCUT2D eigenvalue weighted by molar-refractivity contribution is -0.116. The first-order valence-electron chi connectivity index (χ1n) is 11.4. The van der Waals surface area contributed by atoms with E-state index in [0.29, 0.717) is 17.5 Å². The van der Waals surface area contributed by atoms with Crippen LogP contribution in [0, 0.1) is 5.82 Å². The summed E-state index contributed by atoms with van der Waals surface area (Å²) in [5, 5.41) is 0.910. The van der Waals surface area contributed by atoms with Crippen molar-refractivity contribution in [1.82, 2.24) is 4.98 Å². The summed E-state index contributed by atoms with van der Waals surface area (Å²) in [6.07, 6.45) is 0.715. The van der Waals surface area contributed by atoms with Gasteiger partial charge in [-0.25, -0.2) is 4.39 Å². The molecule has 4 aromatic carbocycles. The molecule has 1 heterocycles. The molecule has 0 saturated carbocycles. The number of benzene rings is 4. The molecule has 0 aliphatic heterocycles. The van der Waals surface area contributed by atoms with E-state index in [1.807, 2.05) is 66.7 Å². The quantitative estimate of drug-likeness (QED) is 0.307. The average molecular weight is 447 g/mol. The first-order chi connectivity index (χ1) is 16.5. The summed E-state index contributed by atoms with van der Waals surface area (Å²) < 4.78 is 15.8. The van der Waals surface area contributed by atoms with Crippen LogP contribution in [-0.4, -0.2) is 17.9 Å². The molecule has 34 heavy (non-hydrogen) atoms. The first kappa shape index (κ1) is 20.4. The highest BCUT2D eigenvalue weighted by Crippen LogP contribution is 2.43. The van der Waals surface area contributed by atoms with E-state index in [9.17, 15) is 4.79 Å². The SMILES string of the molecule is CC(=O)N(C)c1ccc2c(c1)Cc1c-2[nH]c2c(F)c(-c3cccc(-c4ccccc4)c3)ccc12. The molecule has 0 atom stereocenters. The maximum Gasteiger partial charge on any atom is 0.223 e. The number of anilines is 1. The summed E-state index contributed by atoms with van der Waals surface area (Å²) in [4.78, 5) is 16.8. The third kappa shape index (κ3) is 3.14. The minimum absolute atomic E-state index is 0.00662. The van der Waals surface area contributed by atoms with Gasteiger partial charge in [0.1, 0.15) is 0 Å². The molecular formula is C30H23FN2O. The number of nitrogens with zero attached hydrogens (tertiary/aromatic N) is 1. The molecule has 5 aromatic rings. The molecule has 1 aromatic heterocycles. The Kier molecular flexibility index (Phi) is 4.63. The van der Waals surface area contributed by atoms with E-state index in [1.54, 1.807) is 18.9 Å². The van der Waals surface area contributed by atoms with Gasteiger partial charge in [0.2, 0.25) is 5.91 Å². The second-order valence-corrected chi connectivity index (χ2v) is 8.87. The standard InChI is InChI=1S/C30H23FN2O/c1-18(34)33(2)23-11-12-25-22(16-23)17-27-26-14-13-24(28(31)30(26)32-29(25)27)21-10-6-9-20(15-21)19-7-4-3-5-8-19/h3-16,32H,17H2,1-2H3. The summed E-state index contributed by atoms with van der Waals surface area (Å²) in [5.41, 5.74) is 9.32. The van der Waals surface area contributed by atoms with Gasteiger partial charge in [-0.1, -0.05) is 66.7 Å². The third-order valence-corrected chi connectivity index (χ3v) is 6.88. The number of carbonyl (C=O) groups is 1. The number of hydrogen-bond acceptors (Lipinski definition) is 1. The first-order valence-corrected chi connectivity index (χ1v) is 11.4. The zero-order valence-corrected chi connectivity index (χ0v) is 19.0. The van der Waals surface area contributed by atoms with Gasteiger partial charge in [0.25, 0.3) is 0 Å². The van der Waals surface area contributed by atoms with Crippen LogP contribution in [0.2, 0.25) is 0 Å². The molecule has 0 fully saturated rings. The van der Waals surface area contributed by atoms with E-state index in [2.05, 4.69) is 23.2 Å². The average Bonchev–Trinajstić information content (AvgIpc) is 3.40. The van der Waals surface area contributed by atoms with Crippen molar-refractivity contribution in [2.24, 2.45) is 0 Å². The third-order valence-electron chi connectivity index (χ3n) is 6.88. The van der Waals surface area contributed by atoms with Crippen molar-refractivity contribution in [2.45, 2.75) is 13.3 Å².